The van der Waals surface area contributed by atoms with Crippen LogP contribution in [0.5, 0.6) is 0 Å². The summed E-state index contributed by atoms with van der Waals surface area (Å²) in [5, 5.41) is 9.90. The summed E-state index contributed by atoms with van der Waals surface area (Å²) < 4.78 is 5.07. The SMILES string of the molecule is O=c1[nH]c2ccc(C(Cl)c3ccc([N+](=O)[O-])o3)cc2[nH]1. The quantitative estimate of drug-likeness (QED) is 0.440. The maximum Gasteiger partial charge on any atom is 0.433 e. The van der Waals surface area contributed by atoms with E-state index in [1.54, 1.807) is 18.2 Å². The highest BCUT2D eigenvalue weighted by molar-refractivity contribution is 6.22. The van der Waals surface area contributed by atoms with E-state index in [0.717, 1.165) is 0 Å². The lowest BCUT2D eigenvalue weighted by Crippen LogP contribution is -1.99. The molecule has 0 aliphatic heterocycles. The van der Waals surface area contributed by atoms with E-state index in [1.807, 2.05) is 0 Å². The molecule has 2 N–H and O–H groups in total. The summed E-state index contributed by atoms with van der Waals surface area (Å²) in [4.78, 5) is 26.4. The van der Waals surface area contributed by atoms with Crippen LogP contribution in [-0.2, 0) is 0 Å². The molecule has 0 amide bonds. The van der Waals surface area contributed by atoms with E-state index in [1.165, 1.54) is 12.1 Å². The molecule has 1 aromatic carbocycles. The second-order valence-electron chi connectivity index (χ2n) is 4.18. The lowest BCUT2D eigenvalue weighted by molar-refractivity contribution is -0.402. The first-order valence-corrected chi connectivity index (χ1v) is 6.08. The second kappa shape index (κ2) is 4.53. The Kier molecular flexibility index (Phi) is 2.83. The number of alkyl halides is 1. The summed E-state index contributed by atoms with van der Waals surface area (Å²) >= 11 is 6.24. The van der Waals surface area contributed by atoms with Crippen LogP contribution in [0.25, 0.3) is 11.0 Å². The summed E-state index contributed by atoms with van der Waals surface area (Å²) in [6, 6.07) is 7.83. The maximum absolute atomic E-state index is 11.2. The van der Waals surface area contributed by atoms with Crippen molar-refractivity contribution in [1.29, 1.82) is 0 Å². The van der Waals surface area contributed by atoms with Gasteiger partial charge in [-0.15, -0.1) is 11.6 Å². The Morgan fingerprint density at radius 3 is 2.65 bits per heavy atom. The van der Waals surface area contributed by atoms with E-state index in [9.17, 15) is 14.9 Å². The molecule has 7 nitrogen and oxygen atoms in total. The number of hydrogen-bond acceptors (Lipinski definition) is 4. The summed E-state index contributed by atoms with van der Waals surface area (Å²) in [5.41, 5.74) is 1.63. The van der Waals surface area contributed by atoms with Gasteiger partial charge in [-0.1, -0.05) is 6.07 Å². The minimum absolute atomic E-state index is 0.274. The largest absolute Gasteiger partial charge is 0.433 e. The van der Waals surface area contributed by atoms with Gasteiger partial charge in [-0.05, 0) is 23.8 Å². The van der Waals surface area contributed by atoms with Gasteiger partial charge in [-0.25, -0.2) is 4.79 Å². The molecule has 1 atom stereocenters. The van der Waals surface area contributed by atoms with Crippen LogP contribution in [0, 0.1) is 10.1 Å². The fourth-order valence-electron chi connectivity index (χ4n) is 1.95. The van der Waals surface area contributed by atoms with Crippen molar-refractivity contribution in [3.63, 3.8) is 0 Å². The van der Waals surface area contributed by atoms with Gasteiger partial charge in [-0.2, -0.15) is 0 Å². The number of benzene rings is 1. The molecule has 0 saturated heterocycles. The number of aromatic nitrogens is 2. The molecule has 0 fully saturated rings. The Balaban J connectivity index is 1.99. The number of nitrogens with one attached hydrogen (secondary N) is 2. The van der Waals surface area contributed by atoms with Crippen molar-refractivity contribution >= 4 is 28.5 Å². The number of hydrogen-bond donors (Lipinski definition) is 2. The van der Waals surface area contributed by atoms with Crippen LogP contribution in [0.4, 0.5) is 5.88 Å². The topological polar surface area (TPSA) is 105 Å². The van der Waals surface area contributed by atoms with Crippen molar-refractivity contribution in [2.24, 2.45) is 0 Å². The van der Waals surface area contributed by atoms with E-state index >= 15 is 0 Å². The number of halogens is 1. The molecule has 8 heteroatoms. The van der Waals surface area contributed by atoms with Crippen LogP contribution in [0.15, 0.2) is 39.5 Å². The predicted octanol–water partition coefficient (Wildman–Crippen LogP) is 2.69. The van der Waals surface area contributed by atoms with Crippen molar-refractivity contribution in [2.75, 3.05) is 0 Å². The molecule has 0 saturated carbocycles. The van der Waals surface area contributed by atoms with Gasteiger partial charge in [0.25, 0.3) is 0 Å². The van der Waals surface area contributed by atoms with Gasteiger partial charge < -0.3 is 14.4 Å². The number of nitro groups is 1. The average molecular weight is 294 g/mol. The Labute approximate surface area is 116 Å². The predicted molar refractivity (Wildman–Crippen MR) is 72.0 cm³/mol. The average Bonchev–Trinajstić information content (AvgIpc) is 3.02. The molecule has 2 aromatic heterocycles. The van der Waals surface area contributed by atoms with Crippen molar-refractivity contribution < 1.29 is 9.34 Å². The first-order chi connectivity index (χ1) is 9.54. The number of imidazole rings is 1. The van der Waals surface area contributed by atoms with Crippen LogP contribution >= 0.6 is 11.6 Å². The van der Waals surface area contributed by atoms with Crippen LogP contribution in [0.3, 0.4) is 0 Å². The van der Waals surface area contributed by atoms with Crippen LogP contribution in [-0.4, -0.2) is 14.9 Å². The number of rotatable bonds is 3. The van der Waals surface area contributed by atoms with E-state index in [4.69, 9.17) is 16.0 Å². The number of aromatic amines is 2. The summed E-state index contributed by atoms with van der Waals surface area (Å²) in [6.45, 7) is 0. The summed E-state index contributed by atoms with van der Waals surface area (Å²) in [5.74, 6) is -0.0858. The van der Waals surface area contributed by atoms with E-state index < -0.39 is 10.3 Å². The molecule has 2 heterocycles. The molecular formula is C12H8ClN3O4. The first kappa shape index (κ1) is 12.5. The van der Waals surface area contributed by atoms with Gasteiger partial charge in [0.05, 0.1) is 17.1 Å². The first-order valence-electron chi connectivity index (χ1n) is 5.65. The van der Waals surface area contributed by atoms with Crippen molar-refractivity contribution in [3.05, 3.63) is 62.3 Å². The van der Waals surface area contributed by atoms with Crippen LogP contribution in [0.2, 0.25) is 0 Å². The molecule has 0 aliphatic carbocycles. The number of H-pyrrole nitrogens is 2. The standard InChI is InChI=1S/C12H8ClN3O4/c13-11(9-3-4-10(20-9)16(18)19)6-1-2-7-8(5-6)15-12(17)14-7/h1-5,11H,(H2,14,15,17). The summed E-state index contributed by atoms with van der Waals surface area (Å²) in [7, 11) is 0. The third-order valence-corrected chi connectivity index (χ3v) is 3.34. The molecule has 102 valence electrons. The molecule has 0 bridgehead atoms. The van der Waals surface area contributed by atoms with Gasteiger partial charge in [0.2, 0.25) is 0 Å². The molecule has 0 spiro atoms. The van der Waals surface area contributed by atoms with Gasteiger partial charge in [0, 0.05) is 0 Å². The lowest BCUT2D eigenvalue weighted by atomic mass is 10.1. The van der Waals surface area contributed by atoms with E-state index in [0.29, 0.717) is 16.6 Å². The number of nitrogens with zero attached hydrogens (tertiary/aromatic N) is 1. The fraction of sp³-hybridized carbons (Fsp3) is 0.0833. The Morgan fingerprint density at radius 2 is 1.95 bits per heavy atom. The Hall–Kier alpha value is -2.54. The molecule has 0 aliphatic rings. The second-order valence-corrected chi connectivity index (χ2v) is 4.62. The Bertz CT molecular complexity index is 848. The smallest absolute Gasteiger partial charge is 0.404 e. The number of fused-ring (bicyclic) bond motifs is 1. The van der Waals surface area contributed by atoms with E-state index in [2.05, 4.69) is 9.97 Å². The third kappa shape index (κ3) is 2.08. The lowest BCUT2D eigenvalue weighted by Gasteiger charge is -2.06. The van der Waals surface area contributed by atoms with Crippen molar-refractivity contribution in [1.82, 2.24) is 9.97 Å². The zero-order chi connectivity index (χ0) is 14.3. The monoisotopic (exact) mass is 293 g/mol. The van der Waals surface area contributed by atoms with Gasteiger partial charge in [-0.3, -0.25) is 10.1 Å². The molecular weight excluding hydrogens is 286 g/mol. The fourth-order valence-corrected chi connectivity index (χ4v) is 2.20. The molecule has 1 unspecified atom stereocenters. The minimum atomic E-state index is -0.675. The minimum Gasteiger partial charge on any atom is -0.404 e. The third-order valence-electron chi connectivity index (χ3n) is 2.88. The Morgan fingerprint density at radius 1 is 1.20 bits per heavy atom. The molecule has 20 heavy (non-hydrogen) atoms. The summed E-state index contributed by atoms with van der Waals surface area (Å²) in [6.07, 6.45) is 0. The molecule has 3 aromatic rings. The van der Waals surface area contributed by atoms with E-state index in [-0.39, 0.29) is 17.3 Å². The number of furan rings is 1. The van der Waals surface area contributed by atoms with Crippen LogP contribution in [0.1, 0.15) is 16.7 Å². The van der Waals surface area contributed by atoms with Gasteiger partial charge in [0.1, 0.15) is 16.1 Å². The van der Waals surface area contributed by atoms with Crippen molar-refractivity contribution in [3.8, 4) is 0 Å². The van der Waals surface area contributed by atoms with Gasteiger partial charge in [0.15, 0.2) is 0 Å². The highest BCUT2D eigenvalue weighted by Gasteiger charge is 2.20. The molecule has 3 rings (SSSR count). The highest BCUT2D eigenvalue weighted by atomic mass is 35.5. The van der Waals surface area contributed by atoms with Crippen LogP contribution < -0.4 is 5.69 Å². The zero-order valence-corrected chi connectivity index (χ0v) is 10.7. The maximum atomic E-state index is 11.2. The highest BCUT2D eigenvalue weighted by Crippen LogP contribution is 2.32. The van der Waals surface area contributed by atoms with Crippen molar-refractivity contribution in [2.45, 2.75) is 5.38 Å². The normalized spacial score (nSPS) is 12.7. The molecule has 0 radical (unpaired) electrons. The zero-order valence-electron chi connectivity index (χ0n) is 9.92. The van der Waals surface area contributed by atoms with Gasteiger partial charge >= 0.3 is 11.6 Å².